The van der Waals surface area contributed by atoms with Gasteiger partial charge in [-0.2, -0.15) is 0 Å². The van der Waals surface area contributed by atoms with Crippen molar-refractivity contribution in [1.82, 2.24) is 15.5 Å². The zero-order chi connectivity index (χ0) is 20.5. The molecule has 0 aromatic heterocycles. The molecule has 0 unspecified atom stereocenters. The fraction of sp³-hybridized carbons (Fsp3) is 0.667. The molecule has 1 saturated carbocycles. The number of halogens is 1. The number of non-ortho nitro benzene ring substituents is 1. The minimum atomic E-state index is -0.366. The molecule has 1 aliphatic heterocycles. The van der Waals surface area contributed by atoms with Crippen molar-refractivity contribution in [2.75, 3.05) is 46.4 Å². The summed E-state index contributed by atoms with van der Waals surface area (Å²) in [6.07, 6.45) is 6.36. The van der Waals surface area contributed by atoms with Crippen LogP contribution in [-0.4, -0.2) is 62.2 Å². The highest BCUT2D eigenvalue weighted by molar-refractivity contribution is 14.0. The largest absolute Gasteiger partial charge is 0.379 e. The predicted octanol–water partition coefficient (Wildman–Crippen LogP) is 3.16. The monoisotopic (exact) mass is 531 g/mol. The van der Waals surface area contributed by atoms with Gasteiger partial charge < -0.3 is 15.4 Å². The van der Waals surface area contributed by atoms with Crippen molar-refractivity contribution in [3.8, 4) is 0 Å². The van der Waals surface area contributed by atoms with Crippen molar-refractivity contribution >= 4 is 35.6 Å². The molecule has 0 atom stereocenters. The van der Waals surface area contributed by atoms with E-state index in [-0.39, 0.29) is 40.0 Å². The lowest BCUT2D eigenvalue weighted by molar-refractivity contribution is -0.384. The van der Waals surface area contributed by atoms with E-state index in [1.165, 1.54) is 38.2 Å². The Labute approximate surface area is 196 Å². The number of nitrogens with zero attached hydrogens (tertiary/aromatic N) is 3. The highest BCUT2D eigenvalue weighted by atomic mass is 127. The number of nitro groups is 1. The molecule has 2 fully saturated rings. The summed E-state index contributed by atoms with van der Waals surface area (Å²) in [7, 11) is 1.76. The Morgan fingerprint density at radius 2 is 1.97 bits per heavy atom. The standard InChI is InChI=1S/C21H33N5O3.HI/c1-22-20(23-15-18-6-5-7-19(14-18)26(27)28)24-16-21(8-3-2-4-9-21)17-25-10-12-29-13-11-25;/h5-7,14H,2-4,8-13,15-17H2,1H3,(H2,22,23,24);1H. The molecule has 0 bridgehead atoms. The van der Waals surface area contributed by atoms with Gasteiger partial charge in [-0.05, 0) is 18.4 Å². The van der Waals surface area contributed by atoms with Crippen molar-refractivity contribution in [2.45, 2.75) is 38.6 Å². The van der Waals surface area contributed by atoms with Crippen LogP contribution in [0, 0.1) is 15.5 Å². The maximum atomic E-state index is 11.0. The summed E-state index contributed by atoms with van der Waals surface area (Å²) in [6.45, 7) is 6.18. The van der Waals surface area contributed by atoms with Gasteiger partial charge in [0.05, 0.1) is 18.1 Å². The number of guanidine groups is 1. The van der Waals surface area contributed by atoms with Crippen molar-refractivity contribution in [1.29, 1.82) is 0 Å². The average Bonchev–Trinajstić information content (AvgIpc) is 2.75. The maximum absolute atomic E-state index is 11.0. The lowest BCUT2D eigenvalue weighted by atomic mass is 9.73. The van der Waals surface area contributed by atoms with E-state index in [1.807, 2.05) is 6.07 Å². The average molecular weight is 531 g/mol. The molecule has 1 heterocycles. The van der Waals surface area contributed by atoms with E-state index in [2.05, 4.69) is 20.5 Å². The van der Waals surface area contributed by atoms with Gasteiger partial charge >= 0.3 is 0 Å². The Morgan fingerprint density at radius 3 is 2.63 bits per heavy atom. The molecule has 168 valence electrons. The third-order valence-corrected chi connectivity index (χ3v) is 6.01. The summed E-state index contributed by atoms with van der Waals surface area (Å²) >= 11 is 0. The van der Waals surface area contributed by atoms with E-state index in [0.717, 1.165) is 50.9 Å². The number of benzene rings is 1. The number of nitro benzene ring substituents is 1. The summed E-state index contributed by atoms with van der Waals surface area (Å²) in [4.78, 5) is 17.5. The topological polar surface area (TPSA) is 92.0 Å². The van der Waals surface area contributed by atoms with Crippen LogP contribution in [0.1, 0.15) is 37.7 Å². The molecule has 1 aliphatic carbocycles. The molecule has 0 radical (unpaired) electrons. The Morgan fingerprint density at radius 1 is 1.23 bits per heavy atom. The van der Waals surface area contributed by atoms with Crippen LogP contribution < -0.4 is 10.6 Å². The molecule has 2 N–H and O–H groups in total. The van der Waals surface area contributed by atoms with Gasteiger partial charge in [0.1, 0.15) is 0 Å². The van der Waals surface area contributed by atoms with E-state index in [0.29, 0.717) is 6.54 Å². The van der Waals surface area contributed by atoms with Crippen LogP contribution >= 0.6 is 24.0 Å². The van der Waals surface area contributed by atoms with Gasteiger partial charge in [-0.25, -0.2) is 0 Å². The minimum Gasteiger partial charge on any atom is -0.379 e. The Balaban J connectivity index is 0.00000320. The van der Waals surface area contributed by atoms with Gasteiger partial charge in [-0.3, -0.25) is 20.0 Å². The first kappa shape index (κ1) is 24.8. The first-order chi connectivity index (χ1) is 14.1. The molecule has 1 saturated heterocycles. The minimum absolute atomic E-state index is 0. The maximum Gasteiger partial charge on any atom is 0.269 e. The second kappa shape index (κ2) is 12.4. The van der Waals surface area contributed by atoms with Crippen molar-refractivity contribution in [3.05, 3.63) is 39.9 Å². The van der Waals surface area contributed by atoms with Crippen LogP contribution in [0.2, 0.25) is 0 Å². The molecular formula is C21H34IN5O3. The molecule has 30 heavy (non-hydrogen) atoms. The number of morpholine rings is 1. The quantitative estimate of drug-likeness (QED) is 0.185. The summed E-state index contributed by atoms with van der Waals surface area (Å²) < 4.78 is 5.51. The van der Waals surface area contributed by atoms with Crippen LogP contribution in [0.25, 0.3) is 0 Å². The van der Waals surface area contributed by atoms with Crippen LogP contribution in [-0.2, 0) is 11.3 Å². The molecule has 1 aromatic rings. The van der Waals surface area contributed by atoms with Crippen LogP contribution in [0.5, 0.6) is 0 Å². The van der Waals surface area contributed by atoms with Gasteiger partial charge in [0.15, 0.2) is 5.96 Å². The summed E-state index contributed by atoms with van der Waals surface area (Å²) in [5, 5.41) is 17.8. The van der Waals surface area contributed by atoms with Gasteiger partial charge in [-0.15, -0.1) is 24.0 Å². The first-order valence-electron chi connectivity index (χ1n) is 10.6. The Hall–Kier alpha value is -1.46. The molecule has 0 amide bonds. The second-order valence-electron chi connectivity index (χ2n) is 8.16. The van der Waals surface area contributed by atoms with E-state index in [4.69, 9.17) is 4.74 Å². The zero-order valence-electron chi connectivity index (χ0n) is 17.8. The molecular weight excluding hydrogens is 497 g/mol. The lowest BCUT2D eigenvalue weighted by Crippen LogP contribution is -2.51. The normalized spacial score (nSPS) is 19.6. The molecule has 8 nitrogen and oxygen atoms in total. The highest BCUT2D eigenvalue weighted by Crippen LogP contribution is 2.36. The van der Waals surface area contributed by atoms with Gasteiger partial charge in [0.2, 0.25) is 0 Å². The van der Waals surface area contributed by atoms with Crippen LogP contribution in [0.3, 0.4) is 0 Å². The van der Waals surface area contributed by atoms with Crippen molar-refractivity contribution in [3.63, 3.8) is 0 Å². The molecule has 1 aromatic carbocycles. The van der Waals surface area contributed by atoms with Crippen molar-refractivity contribution < 1.29 is 9.66 Å². The van der Waals surface area contributed by atoms with E-state index in [1.54, 1.807) is 19.2 Å². The number of hydrogen-bond acceptors (Lipinski definition) is 5. The summed E-state index contributed by atoms with van der Waals surface area (Å²) in [5.41, 5.74) is 1.24. The smallest absolute Gasteiger partial charge is 0.269 e. The van der Waals surface area contributed by atoms with Crippen LogP contribution in [0.15, 0.2) is 29.3 Å². The third-order valence-electron chi connectivity index (χ3n) is 6.01. The number of rotatable bonds is 7. The summed E-state index contributed by atoms with van der Waals surface area (Å²) in [6, 6.07) is 6.70. The van der Waals surface area contributed by atoms with E-state index >= 15 is 0 Å². The second-order valence-corrected chi connectivity index (χ2v) is 8.16. The Bertz CT molecular complexity index is 704. The molecule has 9 heteroatoms. The van der Waals surface area contributed by atoms with Gasteiger partial charge in [-0.1, -0.05) is 31.4 Å². The number of hydrogen-bond donors (Lipinski definition) is 2. The third kappa shape index (κ3) is 7.35. The number of nitrogens with one attached hydrogen (secondary N) is 2. The molecule has 0 spiro atoms. The Kier molecular flexibility index (Phi) is 10.3. The number of ether oxygens (including phenoxy) is 1. The van der Waals surface area contributed by atoms with E-state index in [9.17, 15) is 10.1 Å². The zero-order valence-corrected chi connectivity index (χ0v) is 20.1. The number of aliphatic imine (C=N–C) groups is 1. The predicted molar refractivity (Wildman–Crippen MR) is 129 cm³/mol. The van der Waals surface area contributed by atoms with E-state index < -0.39 is 0 Å². The highest BCUT2D eigenvalue weighted by Gasteiger charge is 2.34. The molecule has 2 aliphatic rings. The summed E-state index contributed by atoms with van der Waals surface area (Å²) in [5.74, 6) is 0.739. The SMILES string of the molecule is CN=C(NCc1cccc([N+](=O)[O-])c1)NCC1(CN2CCOCC2)CCCCC1.I. The lowest BCUT2D eigenvalue weighted by Gasteiger charge is -2.42. The van der Waals surface area contributed by atoms with Gasteiger partial charge in [0, 0.05) is 57.3 Å². The molecule has 3 rings (SSSR count). The first-order valence-corrected chi connectivity index (χ1v) is 10.6. The fourth-order valence-electron chi connectivity index (χ4n) is 4.38. The van der Waals surface area contributed by atoms with Gasteiger partial charge in [0.25, 0.3) is 5.69 Å². The van der Waals surface area contributed by atoms with Crippen LogP contribution in [0.4, 0.5) is 5.69 Å². The fourth-order valence-corrected chi connectivity index (χ4v) is 4.38. The van der Waals surface area contributed by atoms with Crippen molar-refractivity contribution in [2.24, 2.45) is 10.4 Å².